The molecule has 0 spiro atoms. The van der Waals surface area contributed by atoms with Crippen LogP contribution in [0, 0.1) is 0 Å². The Labute approximate surface area is 84.9 Å². The van der Waals surface area contributed by atoms with Gasteiger partial charge in [0.25, 0.3) is 0 Å². The Morgan fingerprint density at radius 2 is 2.07 bits per heavy atom. The third-order valence-corrected chi connectivity index (χ3v) is 2.24. The van der Waals surface area contributed by atoms with Gasteiger partial charge in [0.2, 0.25) is 0 Å². The van der Waals surface area contributed by atoms with Crippen LogP contribution in [0.5, 0.6) is 0 Å². The van der Waals surface area contributed by atoms with Crippen LogP contribution in [0.15, 0.2) is 35.3 Å². The zero-order chi connectivity index (χ0) is 10.1. The molecule has 72 valence electrons. The Bertz CT molecular complexity index is 515. The van der Waals surface area contributed by atoms with Gasteiger partial charge in [-0.05, 0) is 6.07 Å². The lowest BCUT2D eigenvalue weighted by Gasteiger charge is -1.98. The summed E-state index contributed by atoms with van der Waals surface area (Å²) >= 11 is 5.95. The number of imidazole rings is 1. The maximum atomic E-state index is 11.1. The molecule has 0 aliphatic rings. The van der Waals surface area contributed by atoms with Crippen LogP contribution in [0.1, 0.15) is 0 Å². The molecular weight excluding hydrogens is 202 g/mol. The van der Waals surface area contributed by atoms with E-state index in [1.807, 2.05) is 18.2 Å². The van der Waals surface area contributed by atoms with E-state index in [0.29, 0.717) is 10.7 Å². The predicted octanol–water partition coefficient (Wildman–Crippen LogP) is 1.21. The van der Waals surface area contributed by atoms with Crippen LogP contribution in [0.25, 0.3) is 11.3 Å². The fourth-order valence-electron chi connectivity index (χ4n) is 1.23. The van der Waals surface area contributed by atoms with Gasteiger partial charge in [-0.1, -0.05) is 29.8 Å². The van der Waals surface area contributed by atoms with Crippen LogP contribution in [0.2, 0.25) is 5.02 Å². The average molecular weight is 210 g/mol. The maximum Gasteiger partial charge on any atom is 0.344 e. The van der Waals surface area contributed by atoms with Crippen LogP contribution in [-0.4, -0.2) is 9.66 Å². The van der Waals surface area contributed by atoms with Gasteiger partial charge in [-0.25, -0.2) is 9.47 Å². The van der Waals surface area contributed by atoms with E-state index >= 15 is 0 Å². The molecular formula is C9H8ClN3O. The lowest BCUT2D eigenvalue weighted by Crippen LogP contribution is -2.22. The number of hydrogen-bond donors (Lipinski definition) is 2. The van der Waals surface area contributed by atoms with Gasteiger partial charge < -0.3 is 10.8 Å². The molecule has 0 bridgehead atoms. The molecule has 0 radical (unpaired) electrons. The van der Waals surface area contributed by atoms with E-state index in [4.69, 9.17) is 17.4 Å². The summed E-state index contributed by atoms with van der Waals surface area (Å²) in [4.78, 5) is 13.7. The van der Waals surface area contributed by atoms with Gasteiger partial charge in [0.05, 0.1) is 11.9 Å². The Morgan fingerprint density at radius 3 is 2.64 bits per heavy atom. The molecule has 3 N–H and O–H groups in total. The summed E-state index contributed by atoms with van der Waals surface area (Å²) in [5.41, 5.74) is 1.01. The summed E-state index contributed by atoms with van der Waals surface area (Å²) in [5, 5.41) is 0.578. The van der Waals surface area contributed by atoms with Crippen molar-refractivity contribution >= 4 is 11.6 Å². The highest BCUT2D eigenvalue weighted by atomic mass is 35.5. The first kappa shape index (κ1) is 8.90. The average Bonchev–Trinajstić information content (AvgIpc) is 2.48. The quantitative estimate of drug-likeness (QED) is 0.694. The summed E-state index contributed by atoms with van der Waals surface area (Å²) in [6.07, 6.45) is 1.50. The first-order chi connectivity index (χ1) is 6.68. The van der Waals surface area contributed by atoms with Crippen molar-refractivity contribution < 1.29 is 0 Å². The predicted molar refractivity (Wildman–Crippen MR) is 55.6 cm³/mol. The number of nitrogens with one attached hydrogen (secondary N) is 1. The summed E-state index contributed by atoms with van der Waals surface area (Å²) in [6.45, 7) is 0. The monoisotopic (exact) mass is 209 g/mol. The summed E-state index contributed by atoms with van der Waals surface area (Å²) in [7, 11) is 0. The summed E-state index contributed by atoms with van der Waals surface area (Å²) in [6, 6.07) is 7.23. The minimum absolute atomic E-state index is 0.361. The molecule has 0 aliphatic carbocycles. The minimum Gasteiger partial charge on any atom is -0.335 e. The maximum absolute atomic E-state index is 11.1. The first-order valence-corrected chi connectivity index (χ1v) is 4.38. The van der Waals surface area contributed by atoms with E-state index < -0.39 is 0 Å². The number of hydrogen-bond acceptors (Lipinski definition) is 2. The van der Waals surface area contributed by atoms with Gasteiger partial charge in [0, 0.05) is 10.6 Å². The number of aromatic amines is 1. The van der Waals surface area contributed by atoms with E-state index in [1.165, 1.54) is 6.20 Å². The topological polar surface area (TPSA) is 63.8 Å². The third kappa shape index (κ3) is 1.40. The molecule has 0 fully saturated rings. The number of benzene rings is 1. The number of nitrogen functional groups attached to an aromatic ring is 1. The summed E-state index contributed by atoms with van der Waals surface area (Å²) in [5.74, 6) is 5.36. The van der Waals surface area contributed by atoms with E-state index in [2.05, 4.69) is 4.98 Å². The van der Waals surface area contributed by atoms with Gasteiger partial charge in [0.15, 0.2) is 0 Å². The van der Waals surface area contributed by atoms with E-state index in [-0.39, 0.29) is 5.69 Å². The van der Waals surface area contributed by atoms with E-state index in [0.717, 1.165) is 10.2 Å². The van der Waals surface area contributed by atoms with Crippen molar-refractivity contribution in [2.75, 3.05) is 5.84 Å². The fraction of sp³-hybridized carbons (Fsp3) is 0. The van der Waals surface area contributed by atoms with Crippen molar-refractivity contribution in [1.29, 1.82) is 0 Å². The molecule has 14 heavy (non-hydrogen) atoms. The molecule has 0 saturated heterocycles. The van der Waals surface area contributed by atoms with Gasteiger partial charge in [-0.15, -0.1) is 0 Å². The number of H-pyrrole nitrogens is 1. The molecule has 0 saturated carbocycles. The zero-order valence-electron chi connectivity index (χ0n) is 7.20. The largest absolute Gasteiger partial charge is 0.344 e. The normalized spacial score (nSPS) is 10.4. The molecule has 0 aliphatic heterocycles. The lowest BCUT2D eigenvalue weighted by atomic mass is 10.2. The van der Waals surface area contributed by atoms with Gasteiger partial charge in [-0.2, -0.15) is 0 Å². The Balaban J connectivity index is 2.60. The summed E-state index contributed by atoms with van der Waals surface area (Å²) < 4.78 is 0.985. The number of halogens is 1. The molecule has 1 aromatic carbocycles. The Kier molecular flexibility index (Phi) is 2.05. The molecule has 0 unspecified atom stereocenters. The van der Waals surface area contributed by atoms with Crippen molar-refractivity contribution in [3.8, 4) is 11.3 Å². The van der Waals surface area contributed by atoms with Crippen molar-refractivity contribution in [3.63, 3.8) is 0 Å². The molecule has 4 nitrogen and oxygen atoms in total. The minimum atomic E-state index is -0.361. The second-order valence-electron chi connectivity index (χ2n) is 2.86. The van der Waals surface area contributed by atoms with Gasteiger partial charge >= 0.3 is 5.69 Å². The number of rotatable bonds is 1. The second kappa shape index (κ2) is 3.23. The molecule has 1 aromatic heterocycles. The molecule has 2 aromatic rings. The van der Waals surface area contributed by atoms with E-state index in [9.17, 15) is 4.79 Å². The lowest BCUT2D eigenvalue weighted by molar-refractivity contribution is 0.937. The molecule has 0 amide bonds. The number of nitrogens with two attached hydrogens (primary N) is 1. The van der Waals surface area contributed by atoms with Crippen molar-refractivity contribution in [2.24, 2.45) is 0 Å². The highest BCUT2D eigenvalue weighted by Crippen LogP contribution is 2.24. The van der Waals surface area contributed by atoms with Crippen molar-refractivity contribution in [3.05, 3.63) is 46.0 Å². The fourth-order valence-corrected chi connectivity index (χ4v) is 1.46. The molecule has 1 heterocycles. The van der Waals surface area contributed by atoms with Crippen LogP contribution >= 0.6 is 11.6 Å². The van der Waals surface area contributed by atoms with E-state index in [1.54, 1.807) is 6.07 Å². The van der Waals surface area contributed by atoms with Crippen LogP contribution < -0.4 is 11.5 Å². The van der Waals surface area contributed by atoms with Gasteiger partial charge in [0.1, 0.15) is 0 Å². The first-order valence-electron chi connectivity index (χ1n) is 4.00. The number of aromatic nitrogens is 2. The standard InChI is InChI=1S/C9H8ClN3O/c10-7-4-2-1-3-6(7)8-5-13(11)9(14)12-8/h1-5H,11H2,(H,12,14). The van der Waals surface area contributed by atoms with Crippen LogP contribution in [-0.2, 0) is 0 Å². The highest BCUT2D eigenvalue weighted by molar-refractivity contribution is 6.33. The SMILES string of the molecule is Nn1cc(-c2ccccc2Cl)[nH]c1=O. The molecule has 2 rings (SSSR count). The zero-order valence-corrected chi connectivity index (χ0v) is 7.95. The van der Waals surface area contributed by atoms with Crippen LogP contribution in [0.4, 0.5) is 0 Å². The smallest absolute Gasteiger partial charge is 0.335 e. The second-order valence-corrected chi connectivity index (χ2v) is 3.27. The van der Waals surface area contributed by atoms with Crippen molar-refractivity contribution in [2.45, 2.75) is 0 Å². The Hall–Kier alpha value is -1.68. The van der Waals surface area contributed by atoms with Crippen molar-refractivity contribution in [1.82, 2.24) is 9.66 Å². The van der Waals surface area contributed by atoms with Gasteiger partial charge in [-0.3, -0.25) is 0 Å². The number of nitrogens with zero attached hydrogens (tertiary/aromatic N) is 1. The highest BCUT2D eigenvalue weighted by Gasteiger charge is 2.05. The Morgan fingerprint density at radius 1 is 1.36 bits per heavy atom. The third-order valence-electron chi connectivity index (χ3n) is 1.91. The molecule has 5 heteroatoms. The van der Waals surface area contributed by atoms with Crippen LogP contribution in [0.3, 0.4) is 0 Å². The molecule has 0 atom stereocenters.